The minimum Gasteiger partial charge on any atom is -0.491 e. The number of halogens is 1. The van der Waals surface area contributed by atoms with E-state index in [0.29, 0.717) is 13.2 Å². The molecule has 0 aliphatic rings. The Morgan fingerprint density at radius 2 is 2.05 bits per heavy atom. The summed E-state index contributed by atoms with van der Waals surface area (Å²) < 4.78 is 12.1. The molecule has 1 aromatic heterocycles. The second kappa shape index (κ2) is 7.94. The maximum absolute atomic E-state index is 5.85. The molecule has 0 aliphatic carbocycles. The first-order chi connectivity index (χ1) is 10.2. The van der Waals surface area contributed by atoms with Crippen LogP contribution in [0, 0.1) is 6.92 Å². The van der Waals surface area contributed by atoms with Gasteiger partial charge in [0.2, 0.25) is 0 Å². The summed E-state index contributed by atoms with van der Waals surface area (Å²) >= 11 is 5.35. The zero-order valence-corrected chi connectivity index (χ0v) is 14.9. The van der Waals surface area contributed by atoms with E-state index in [1.54, 1.807) is 18.4 Å². The van der Waals surface area contributed by atoms with Crippen molar-refractivity contribution in [2.24, 2.45) is 0 Å². The Bertz CT molecular complexity index is 566. The standard InChI is InChI=1S/C16H20BrNO2S/c1-11-10-14(21-16(11)17)15(18-2)12-6-4-5-7-13(12)20-9-8-19-3/h4-7,10,15,18H,8-9H2,1-3H3. The monoisotopic (exact) mass is 369 g/mol. The Kier molecular flexibility index (Phi) is 6.23. The lowest BCUT2D eigenvalue weighted by Gasteiger charge is -2.19. The molecular formula is C16H20BrNO2S. The maximum Gasteiger partial charge on any atom is 0.124 e. The van der Waals surface area contributed by atoms with E-state index in [4.69, 9.17) is 9.47 Å². The smallest absolute Gasteiger partial charge is 0.124 e. The number of methoxy groups -OCH3 is 1. The van der Waals surface area contributed by atoms with Crippen LogP contribution < -0.4 is 10.1 Å². The van der Waals surface area contributed by atoms with Gasteiger partial charge in [0.25, 0.3) is 0 Å². The summed E-state index contributed by atoms with van der Waals surface area (Å²) in [6.45, 7) is 3.25. The van der Waals surface area contributed by atoms with Crippen LogP contribution in [-0.4, -0.2) is 27.4 Å². The summed E-state index contributed by atoms with van der Waals surface area (Å²) in [7, 11) is 3.65. The predicted octanol–water partition coefficient (Wildman–Crippen LogP) is 4.15. The molecule has 1 unspecified atom stereocenters. The highest BCUT2D eigenvalue weighted by molar-refractivity contribution is 9.11. The second-order valence-electron chi connectivity index (χ2n) is 4.71. The van der Waals surface area contributed by atoms with E-state index in [0.717, 1.165) is 11.3 Å². The topological polar surface area (TPSA) is 30.5 Å². The first kappa shape index (κ1) is 16.5. The zero-order valence-electron chi connectivity index (χ0n) is 12.5. The van der Waals surface area contributed by atoms with Crippen molar-refractivity contribution in [3.8, 4) is 5.75 Å². The van der Waals surface area contributed by atoms with Gasteiger partial charge in [0.15, 0.2) is 0 Å². The van der Waals surface area contributed by atoms with Gasteiger partial charge in [-0.2, -0.15) is 0 Å². The quantitative estimate of drug-likeness (QED) is 0.743. The van der Waals surface area contributed by atoms with Gasteiger partial charge in [-0.25, -0.2) is 0 Å². The molecule has 0 radical (unpaired) electrons. The highest BCUT2D eigenvalue weighted by Crippen LogP contribution is 2.37. The Balaban J connectivity index is 2.29. The van der Waals surface area contributed by atoms with Crippen molar-refractivity contribution in [2.75, 3.05) is 27.4 Å². The second-order valence-corrected chi connectivity index (χ2v) is 7.11. The largest absolute Gasteiger partial charge is 0.491 e. The number of nitrogens with one attached hydrogen (secondary N) is 1. The number of ether oxygens (including phenoxy) is 2. The first-order valence-corrected chi connectivity index (χ1v) is 8.42. The molecular weight excluding hydrogens is 350 g/mol. The molecule has 1 aromatic carbocycles. The number of rotatable bonds is 7. The summed E-state index contributed by atoms with van der Waals surface area (Å²) in [5.74, 6) is 0.899. The van der Waals surface area contributed by atoms with Gasteiger partial charge in [-0.1, -0.05) is 18.2 Å². The molecule has 1 heterocycles. The third-order valence-electron chi connectivity index (χ3n) is 3.22. The minimum atomic E-state index is 0.124. The van der Waals surface area contributed by atoms with Crippen molar-refractivity contribution in [3.05, 3.63) is 50.1 Å². The summed E-state index contributed by atoms with van der Waals surface area (Å²) in [6, 6.07) is 10.5. The third kappa shape index (κ3) is 4.07. The van der Waals surface area contributed by atoms with E-state index in [9.17, 15) is 0 Å². The molecule has 0 bridgehead atoms. The van der Waals surface area contributed by atoms with Crippen molar-refractivity contribution < 1.29 is 9.47 Å². The van der Waals surface area contributed by atoms with E-state index < -0.39 is 0 Å². The number of thiophene rings is 1. The van der Waals surface area contributed by atoms with Crippen LogP contribution in [0.25, 0.3) is 0 Å². The lowest BCUT2D eigenvalue weighted by atomic mass is 10.0. The number of para-hydroxylation sites is 1. The summed E-state index contributed by atoms with van der Waals surface area (Å²) in [6.07, 6.45) is 0. The van der Waals surface area contributed by atoms with E-state index in [-0.39, 0.29) is 6.04 Å². The summed E-state index contributed by atoms with van der Waals surface area (Å²) in [5, 5.41) is 3.38. The van der Waals surface area contributed by atoms with E-state index in [1.807, 2.05) is 25.2 Å². The molecule has 0 saturated heterocycles. The van der Waals surface area contributed by atoms with Gasteiger partial charge in [-0.05, 0) is 47.6 Å². The number of benzene rings is 1. The molecule has 0 amide bonds. The predicted molar refractivity (Wildman–Crippen MR) is 91.5 cm³/mol. The van der Waals surface area contributed by atoms with Crippen molar-refractivity contribution in [3.63, 3.8) is 0 Å². The number of hydrogen-bond acceptors (Lipinski definition) is 4. The van der Waals surface area contributed by atoms with Crippen LogP contribution in [0.4, 0.5) is 0 Å². The molecule has 2 rings (SSSR count). The Labute approximate surface area is 138 Å². The van der Waals surface area contributed by atoms with Crippen molar-refractivity contribution in [1.82, 2.24) is 5.32 Å². The summed E-state index contributed by atoms with van der Waals surface area (Å²) in [5.41, 5.74) is 2.40. The van der Waals surface area contributed by atoms with Crippen LogP contribution in [0.5, 0.6) is 5.75 Å². The molecule has 5 heteroatoms. The SMILES string of the molecule is CNC(c1cc(C)c(Br)s1)c1ccccc1OCCOC. The average Bonchev–Trinajstić information content (AvgIpc) is 2.81. The van der Waals surface area contributed by atoms with Gasteiger partial charge >= 0.3 is 0 Å². The fourth-order valence-electron chi connectivity index (χ4n) is 2.16. The fraction of sp³-hybridized carbons (Fsp3) is 0.375. The van der Waals surface area contributed by atoms with Crippen LogP contribution in [-0.2, 0) is 4.74 Å². The maximum atomic E-state index is 5.85. The van der Waals surface area contributed by atoms with Crippen LogP contribution in [0.1, 0.15) is 22.0 Å². The molecule has 0 aliphatic heterocycles. The molecule has 3 nitrogen and oxygen atoms in total. The minimum absolute atomic E-state index is 0.124. The normalized spacial score (nSPS) is 12.4. The molecule has 0 fully saturated rings. The van der Waals surface area contributed by atoms with Gasteiger partial charge in [0.1, 0.15) is 12.4 Å². The lowest BCUT2D eigenvalue weighted by Crippen LogP contribution is -2.18. The Morgan fingerprint density at radius 3 is 2.67 bits per heavy atom. The van der Waals surface area contributed by atoms with Crippen molar-refractivity contribution in [2.45, 2.75) is 13.0 Å². The van der Waals surface area contributed by atoms with Crippen LogP contribution in [0.2, 0.25) is 0 Å². The average molecular weight is 370 g/mol. The zero-order chi connectivity index (χ0) is 15.2. The molecule has 1 atom stereocenters. The Hall–Kier alpha value is -0.880. The van der Waals surface area contributed by atoms with Crippen LogP contribution in [0.3, 0.4) is 0 Å². The summed E-state index contributed by atoms with van der Waals surface area (Å²) in [4.78, 5) is 1.27. The highest BCUT2D eigenvalue weighted by atomic mass is 79.9. The molecule has 114 valence electrons. The van der Waals surface area contributed by atoms with Crippen LogP contribution in [0.15, 0.2) is 34.1 Å². The lowest BCUT2D eigenvalue weighted by molar-refractivity contribution is 0.145. The molecule has 2 aromatic rings. The van der Waals surface area contributed by atoms with E-state index in [1.165, 1.54) is 14.2 Å². The molecule has 1 N–H and O–H groups in total. The van der Waals surface area contributed by atoms with Gasteiger partial charge in [-0.3, -0.25) is 0 Å². The molecule has 0 spiro atoms. The first-order valence-electron chi connectivity index (χ1n) is 6.81. The number of hydrogen-bond donors (Lipinski definition) is 1. The van der Waals surface area contributed by atoms with Crippen molar-refractivity contribution >= 4 is 27.3 Å². The fourth-order valence-corrected chi connectivity index (χ4v) is 3.86. The third-order valence-corrected chi connectivity index (χ3v) is 5.43. The van der Waals surface area contributed by atoms with Crippen LogP contribution >= 0.6 is 27.3 Å². The van der Waals surface area contributed by atoms with Gasteiger partial charge < -0.3 is 14.8 Å². The highest BCUT2D eigenvalue weighted by Gasteiger charge is 2.19. The van der Waals surface area contributed by atoms with Gasteiger partial charge in [0, 0.05) is 17.6 Å². The molecule has 0 saturated carbocycles. The Morgan fingerprint density at radius 1 is 1.29 bits per heavy atom. The van der Waals surface area contributed by atoms with E-state index in [2.05, 4.69) is 40.3 Å². The molecule has 21 heavy (non-hydrogen) atoms. The van der Waals surface area contributed by atoms with Crippen molar-refractivity contribution in [1.29, 1.82) is 0 Å². The van der Waals surface area contributed by atoms with E-state index >= 15 is 0 Å². The number of aryl methyl sites for hydroxylation is 1. The van der Waals surface area contributed by atoms with Gasteiger partial charge in [0.05, 0.1) is 16.4 Å². The van der Waals surface area contributed by atoms with Gasteiger partial charge in [-0.15, -0.1) is 11.3 Å².